The van der Waals surface area contributed by atoms with E-state index in [4.69, 9.17) is 18.9 Å². The lowest BCUT2D eigenvalue weighted by Gasteiger charge is -2.08. The number of aromatic nitrogens is 1. The summed E-state index contributed by atoms with van der Waals surface area (Å²) in [5, 5.41) is 0.896. The Morgan fingerprint density at radius 3 is 2.44 bits per heavy atom. The lowest BCUT2D eigenvalue weighted by atomic mass is 10.0. The lowest BCUT2D eigenvalue weighted by Crippen LogP contribution is -2.10. The number of hydrogen-bond acceptors (Lipinski definition) is 5. The molecule has 3 aromatic rings. The molecule has 0 saturated carbocycles. The van der Waals surface area contributed by atoms with Crippen molar-refractivity contribution >= 4 is 17.1 Å². The molecule has 1 aromatic heterocycles. The number of nitrogens with one attached hydrogen (secondary N) is 1. The highest BCUT2D eigenvalue weighted by atomic mass is 16.7. The molecule has 0 aliphatic heterocycles. The van der Waals surface area contributed by atoms with E-state index in [1.54, 1.807) is 14.0 Å². The van der Waals surface area contributed by atoms with E-state index in [9.17, 15) is 4.79 Å². The van der Waals surface area contributed by atoms with Crippen LogP contribution in [0.15, 0.2) is 42.5 Å². The smallest absolute Gasteiger partial charge is 0.497 e. The summed E-state index contributed by atoms with van der Waals surface area (Å²) in [6.07, 6.45) is 0.176. The van der Waals surface area contributed by atoms with Crippen LogP contribution in [0.5, 0.6) is 17.4 Å². The number of ether oxygens (including phenoxy) is 4. The van der Waals surface area contributed by atoms with Crippen LogP contribution >= 0.6 is 0 Å². The second-order valence-corrected chi connectivity index (χ2v) is 5.90. The minimum atomic E-state index is -0.749. The molecule has 1 heterocycles. The molecular weight excluding hydrogens is 346 g/mol. The zero-order chi connectivity index (χ0) is 19.2. The molecule has 0 bridgehead atoms. The predicted molar refractivity (Wildman–Crippen MR) is 104 cm³/mol. The Balaban J connectivity index is 2.09. The third-order valence-corrected chi connectivity index (χ3v) is 4.03. The maximum atomic E-state index is 11.9. The van der Waals surface area contributed by atoms with Gasteiger partial charge in [-0.1, -0.05) is 19.1 Å². The second-order valence-electron chi connectivity index (χ2n) is 5.90. The Morgan fingerprint density at radius 2 is 1.78 bits per heavy atom. The summed E-state index contributed by atoms with van der Waals surface area (Å²) >= 11 is 0. The zero-order valence-electron chi connectivity index (χ0n) is 15.7. The van der Waals surface area contributed by atoms with Gasteiger partial charge in [-0.2, -0.15) is 0 Å². The maximum Gasteiger partial charge on any atom is 0.515 e. The molecule has 0 aliphatic rings. The van der Waals surface area contributed by atoms with Gasteiger partial charge in [-0.25, -0.2) is 4.79 Å². The first kappa shape index (κ1) is 18.6. The molecule has 6 heteroatoms. The van der Waals surface area contributed by atoms with Crippen molar-refractivity contribution in [1.29, 1.82) is 0 Å². The first-order valence-electron chi connectivity index (χ1n) is 8.93. The Labute approximate surface area is 158 Å². The van der Waals surface area contributed by atoms with Crippen molar-refractivity contribution < 1.29 is 23.7 Å². The van der Waals surface area contributed by atoms with Crippen molar-refractivity contribution in [3.8, 4) is 28.5 Å². The second kappa shape index (κ2) is 8.49. The SMILES string of the molecule is CCCOc1ccc2[nH]c(OC(=O)OCC)c(-c3ccc(OC)cc3)c2c1. The van der Waals surface area contributed by atoms with Crippen LogP contribution in [0.25, 0.3) is 22.0 Å². The van der Waals surface area contributed by atoms with Crippen LogP contribution in [0.4, 0.5) is 4.79 Å². The molecule has 0 unspecified atom stereocenters. The number of methoxy groups -OCH3 is 1. The number of carbonyl (C=O) groups is 1. The van der Waals surface area contributed by atoms with Gasteiger partial charge in [0.2, 0.25) is 5.88 Å². The monoisotopic (exact) mass is 369 g/mol. The molecular formula is C21H23NO5. The Bertz CT molecular complexity index is 914. The normalized spacial score (nSPS) is 10.6. The number of H-pyrrole nitrogens is 1. The van der Waals surface area contributed by atoms with E-state index in [0.29, 0.717) is 12.5 Å². The molecule has 0 saturated heterocycles. The van der Waals surface area contributed by atoms with Gasteiger partial charge < -0.3 is 23.9 Å². The first-order chi connectivity index (χ1) is 13.2. The highest BCUT2D eigenvalue weighted by Crippen LogP contribution is 2.39. The summed E-state index contributed by atoms with van der Waals surface area (Å²) in [6.45, 7) is 4.67. The number of carbonyl (C=O) groups excluding carboxylic acids is 1. The number of benzene rings is 2. The van der Waals surface area contributed by atoms with Crippen molar-refractivity contribution in [1.82, 2.24) is 4.98 Å². The van der Waals surface area contributed by atoms with Gasteiger partial charge >= 0.3 is 6.16 Å². The van der Waals surface area contributed by atoms with Gasteiger partial charge in [0, 0.05) is 10.9 Å². The van der Waals surface area contributed by atoms with Crippen molar-refractivity contribution in [2.75, 3.05) is 20.3 Å². The molecule has 1 N–H and O–H groups in total. The molecule has 0 amide bonds. The van der Waals surface area contributed by atoms with Gasteiger partial charge in [0.25, 0.3) is 0 Å². The standard InChI is InChI=1S/C21H23NO5/c1-4-12-26-16-10-11-18-17(13-16)19(14-6-8-15(24-3)9-7-14)20(22-18)27-21(23)25-5-2/h6-11,13,22H,4-5,12H2,1-3H3. The van der Waals surface area contributed by atoms with E-state index in [-0.39, 0.29) is 6.61 Å². The molecule has 0 atom stereocenters. The van der Waals surface area contributed by atoms with Gasteiger partial charge in [0.1, 0.15) is 11.5 Å². The molecule has 2 aromatic carbocycles. The summed E-state index contributed by atoms with van der Waals surface area (Å²) in [5.74, 6) is 1.85. The Morgan fingerprint density at radius 1 is 1.04 bits per heavy atom. The first-order valence-corrected chi connectivity index (χ1v) is 8.93. The van der Waals surface area contributed by atoms with Crippen LogP contribution in [0, 0.1) is 0 Å². The minimum Gasteiger partial charge on any atom is -0.497 e. The molecule has 6 nitrogen and oxygen atoms in total. The fraction of sp³-hybridized carbons (Fsp3) is 0.286. The summed E-state index contributed by atoms with van der Waals surface area (Å²) in [7, 11) is 1.62. The topological polar surface area (TPSA) is 69.8 Å². The summed E-state index contributed by atoms with van der Waals surface area (Å²) in [4.78, 5) is 15.0. The Hall–Kier alpha value is -3.15. The van der Waals surface area contributed by atoms with Gasteiger partial charge in [0.15, 0.2) is 0 Å². The van der Waals surface area contributed by atoms with E-state index >= 15 is 0 Å². The summed E-state index contributed by atoms with van der Waals surface area (Å²) < 4.78 is 21.3. The minimum absolute atomic E-state index is 0.242. The number of fused-ring (bicyclic) bond motifs is 1. The van der Waals surface area contributed by atoms with E-state index in [0.717, 1.165) is 39.9 Å². The zero-order valence-corrected chi connectivity index (χ0v) is 15.7. The lowest BCUT2D eigenvalue weighted by molar-refractivity contribution is 0.103. The van der Waals surface area contributed by atoms with Crippen LogP contribution in [-0.4, -0.2) is 31.5 Å². The summed E-state index contributed by atoms with van der Waals surface area (Å²) in [5.41, 5.74) is 2.49. The van der Waals surface area contributed by atoms with Crippen molar-refractivity contribution in [2.24, 2.45) is 0 Å². The quantitative estimate of drug-likeness (QED) is 0.582. The average Bonchev–Trinajstić information content (AvgIpc) is 3.03. The summed E-state index contributed by atoms with van der Waals surface area (Å²) in [6, 6.07) is 13.3. The van der Waals surface area contributed by atoms with E-state index in [1.807, 2.05) is 42.5 Å². The molecule has 0 spiro atoms. The van der Waals surface area contributed by atoms with Crippen molar-refractivity contribution in [2.45, 2.75) is 20.3 Å². The molecule has 142 valence electrons. The molecule has 3 rings (SSSR count). The number of rotatable bonds is 7. The maximum absolute atomic E-state index is 11.9. The highest BCUT2D eigenvalue weighted by molar-refractivity contribution is 6.00. The Kier molecular flexibility index (Phi) is 5.86. The van der Waals surface area contributed by atoms with Crippen LogP contribution in [0.3, 0.4) is 0 Å². The molecule has 0 radical (unpaired) electrons. The third-order valence-electron chi connectivity index (χ3n) is 4.03. The molecule has 27 heavy (non-hydrogen) atoms. The van der Waals surface area contributed by atoms with Gasteiger partial charge in [0.05, 0.1) is 25.9 Å². The third kappa shape index (κ3) is 4.16. The van der Waals surface area contributed by atoms with Crippen LogP contribution in [-0.2, 0) is 4.74 Å². The van der Waals surface area contributed by atoms with Gasteiger partial charge in [-0.05, 0) is 49.2 Å². The fourth-order valence-electron chi connectivity index (χ4n) is 2.81. The number of aromatic amines is 1. The van der Waals surface area contributed by atoms with Crippen LogP contribution in [0.1, 0.15) is 20.3 Å². The largest absolute Gasteiger partial charge is 0.515 e. The van der Waals surface area contributed by atoms with Gasteiger partial charge in [-0.15, -0.1) is 0 Å². The highest BCUT2D eigenvalue weighted by Gasteiger charge is 2.19. The average molecular weight is 369 g/mol. The predicted octanol–water partition coefficient (Wildman–Crippen LogP) is 5.17. The van der Waals surface area contributed by atoms with Crippen LogP contribution < -0.4 is 14.2 Å². The van der Waals surface area contributed by atoms with E-state index in [2.05, 4.69) is 11.9 Å². The van der Waals surface area contributed by atoms with E-state index < -0.39 is 6.16 Å². The van der Waals surface area contributed by atoms with E-state index in [1.165, 1.54) is 0 Å². The fourth-order valence-corrected chi connectivity index (χ4v) is 2.81. The van der Waals surface area contributed by atoms with Crippen LogP contribution in [0.2, 0.25) is 0 Å². The van der Waals surface area contributed by atoms with Crippen molar-refractivity contribution in [3.63, 3.8) is 0 Å². The molecule has 0 aliphatic carbocycles. The number of hydrogen-bond donors (Lipinski definition) is 1. The molecule has 0 fully saturated rings. The van der Waals surface area contributed by atoms with Gasteiger partial charge in [-0.3, -0.25) is 0 Å². The van der Waals surface area contributed by atoms with Crippen molar-refractivity contribution in [3.05, 3.63) is 42.5 Å².